The van der Waals surface area contributed by atoms with Crippen molar-refractivity contribution in [3.05, 3.63) is 71.9 Å². The van der Waals surface area contributed by atoms with E-state index >= 15 is 0 Å². The highest BCUT2D eigenvalue weighted by molar-refractivity contribution is 5.92. The second-order valence-corrected chi connectivity index (χ2v) is 7.35. The van der Waals surface area contributed by atoms with Gasteiger partial charge in [0.1, 0.15) is 17.8 Å². The molecule has 176 valence electrons. The Morgan fingerprint density at radius 2 is 1.88 bits per heavy atom. The van der Waals surface area contributed by atoms with Gasteiger partial charge in [0, 0.05) is 25.0 Å². The molecule has 2 aromatic heterocycles. The van der Waals surface area contributed by atoms with Crippen molar-refractivity contribution < 1.29 is 31.8 Å². The van der Waals surface area contributed by atoms with E-state index in [0.717, 1.165) is 6.07 Å². The third-order valence-corrected chi connectivity index (χ3v) is 4.98. The van der Waals surface area contributed by atoms with Crippen molar-refractivity contribution in [2.45, 2.75) is 12.6 Å². The van der Waals surface area contributed by atoms with Crippen molar-refractivity contribution in [3.8, 4) is 17.4 Å². The molecular formula is C23H18F4N4O3. The maximum absolute atomic E-state index is 13.8. The van der Waals surface area contributed by atoms with E-state index in [9.17, 15) is 22.4 Å². The second-order valence-electron chi connectivity index (χ2n) is 7.35. The Balaban J connectivity index is 1.48. The number of alkyl halides is 3. The molecule has 7 nitrogen and oxygen atoms in total. The van der Waals surface area contributed by atoms with E-state index in [-0.39, 0.29) is 12.0 Å². The lowest BCUT2D eigenvalue weighted by molar-refractivity contribution is -0.140. The van der Waals surface area contributed by atoms with Gasteiger partial charge in [-0.2, -0.15) is 13.2 Å². The van der Waals surface area contributed by atoms with Crippen LogP contribution in [-0.4, -0.2) is 27.6 Å². The van der Waals surface area contributed by atoms with E-state index in [1.807, 2.05) is 23.9 Å². The van der Waals surface area contributed by atoms with Gasteiger partial charge in [-0.3, -0.25) is 4.79 Å². The Kier molecular flexibility index (Phi) is 6.10. The van der Waals surface area contributed by atoms with Crippen LogP contribution in [0, 0.1) is 5.82 Å². The Labute approximate surface area is 191 Å². The van der Waals surface area contributed by atoms with Crippen LogP contribution in [0.5, 0.6) is 17.4 Å². The van der Waals surface area contributed by atoms with Gasteiger partial charge >= 0.3 is 6.18 Å². The van der Waals surface area contributed by atoms with Gasteiger partial charge in [-0.15, -0.1) is 0 Å². The molecule has 0 atom stereocenters. The number of carbonyl (C=O) groups is 1. The zero-order chi connectivity index (χ0) is 24.5. The molecule has 4 aromatic rings. The quantitative estimate of drug-likeness (QED) is 0.393. The minimum absolute atomic E-state index is 0.102. The van der Waals surface area contributed by atoms with Gasteiger partial charge in [0.05, 0.1) is 24.5 Å². The smallest absolute Gasteiger partial charge is 0.419 e. The highest BCUT2D eigenvalue weighted by Crippen LogP contribution is 2.36. The second kappa shape index (κ2) is 9.00. The Morgan fingerprint density at radius 1 is 1.09 bits per heavy atom. The fourth-order valence-corrected chi connectivity index (χ4v) is 3.36. The SMILES string of the molecule is COc1cc(NC(=O)Cc2ccc(C(F)(F)F)c(F)c2)ccc1Oc1ncnc2c1ccn2C. The fraction of sp³-hybridized carbons (Fsp3) is 0.174. The van der Waals surface area contributed by atoms with Crippen molar-refractivity contribution in [1.29, 1.82) is 0 Å². The summed E-state index contributed by atoms with van der Waals surface area (Å²) in [6.07, 6.45) is -1.92. The van der Waals surface area contributed by atoms with Crippen molar-refractivity contribution >= 4 is 22.6 Å². The molecule has 0 saturated carbocycles. The number of fused-ring (bicyclic) bond motifs is 1. The maximum atomic E-state index is 13.8. The minimum Gasteiger partial charge on any atom is -0.493 e. The molecule has 2 aromatic carbocycles. The summed E-state index contributed by atoms with van der Waals surface area (Å²) in [5.41, 5.74) is -0.235. The lowest BCUT2D eigenvalue weighted by atomic mass is 10.1. The van der Waals surface area contributed by atoms with Gasteiger partial charge in [0.25, 0.3) is 0 Å². The predicted molar refractivity (Wildman–Crippen MR) is 115 cm³/mol. The summed E-state index contributed by atoms with van der Waals surface area (Å²) in [4.78, 5) is 20.7. The molecule has 1 N–H and O–H groups in total. The molecule has 1 amide bonds. The molecule has 0 aliphatic rings. The average molecular weight is 474 g/mol. The first-order chi connectivity index (χ1) is 16.2. The molecule has 0 fully saturated rings. The first-order valence-electron chi connectivity index (χ1n) is 9.93. The van der Waals surface area contributed by atoms with Crippen molar-refractivity contribution in [3.63, 3.8) is 0 Å². The third kappa shape index (κ3) is 4.77. The standard InChI is InChI=1S/C23H18F4N4O3/c1-31-8-7-15-21(31)28-12-29-22(15)34-18-6-4-14(11-19(18)33-2)30-20(32)10-13-3-5-16(17(24)9-13)23(25,26)27/h3-9,11-12H,10H2,1-2H3,(H,30,32). The number of amides is 1. The number of rotatable bonds is 6. The van der Waals surface area contributed by atoms with Crippen LogP contribution in [0.1, 0.15) is 11.1 Å². The predicted octanol–water partition coefficient (Wildman–Crippen LogP) is 5.11. The van der Waals surface area contributed by atoms with Crippen molar-refractivity contribution in [1.82, 2.24) is 14.5 Å². The summed E-state index contributed by atoms with van der Waals surface area (Å²) in [6.45, 7) is 0. The maximum Gasteiger partial charge on any atom is 0.419 e. The number of ether oxygens (including phenoxy) is 2. The van der Waals surface area contributed by atoms with Gasteiger partial charge in [-0.05, 0) is 35.9 Å². The normalized spacial score (nSPS) is 11.5. The van der Waals surface area contributed by atoms with E-state index in [0.29, 0.717) is 46.2 Å². The summed E-state index contributed by atoms with van der Waals surface area (Å²) >= 11 is 0. The average Bonchev–Trinajstić information content (AvgIpc) is 3.15. The van der Waals surface area contributed by atoms with Gasteiger partial charge in [0.15, 0.2) is 11.5 Å². The van der Waals surface area contributed by atoms with E-state index < -0.39 is 23.5 Å². The molecule has 0 aliphatic carbocycles. The Morgan fingerprint density at radius 3 is 2.59 bits per heavy atom. The number of nitrogens with one attached hydrogen (secondary N) is 1. The number of halogens is 4. The molecule has 2 heterocycles. The van der Waals surface area contributed by atoms with Crippen molar-refractivity contribution in [2.24, 2.45) is 7.05 Å². The zero-order valence-corrected chi connectivity index (χ0v) is 18.0. The monoisotopic (exact) mass is 474 g/mol. The third-order valence-electron chi connectivity index (χ3n) is 4.98. The largest absolute Gasteiger partial charge is 0.493 e. The van der Waals surface area contributed by atoms with Crippen LogP contribution in [0.3, 0.4) is 0 Å². The van der Waals surface area contributed by atoms with Crippen LogP contribution in [0.4, 0.5) is 23.2 Å². The van der Waals surface area contributed by atoms with Crippen molar-refractivity contribution in [2.75, 3.05) is 12.4 Å². The van der Waals surface area contributed by atoms with E-state index in [1.165, 1.54) is 19.5 Å². The zero-order valence-electron chi connectivity index (χ0n) is 18.0. The molecule has 0 unspecified atom stereocenters. The molecular weight excluding hydrogens is 456 g/mol. The molecule has 0 bridgehead atoms. The van der Waals surface area contributed by atoms with Crippen LogP contribution in [-0.2, 0) is 24.4 Å². The van der Waals surface area contributed by atoms with E-state index in [1.54, 1.807) is 12.1 Å². The highest BCUT2D eigenvalue weighted by Gasteiger charge is 2.33. The molecule has 0 spiro atoms. The summed E-state index contributed by atoms with van der Waals surface area (Å²) < 4.78 is 64.9. The summed E-state index contributed by atoms with van der Waals surface area (Å²) in [6, 6.07) is 8.85. The fourth-order valence-electron chi connectivity index (χ4n) is 3.36. The number of hydrogen-bond donors (Lipinski definition) is 1. The van der Waals surface area contributed by atoms with Crippen LogP contribution in [0.25, 0.3) is 11.0 Å². The van der Waals surface area contributed by atoms with E-state index in [4.69, 9.17) is 9.47 Å². The Bertz CT molecular complexity index is 1370. The van der Waals surface area contributed by atoms with Gasteiger partial charge in [0.2, 0.25) is 11.8 Å². The van der Waals surface area contributed by atoms with Gasteiger partial charge in [-0.1, -0.05) is 6.07 Å². The summed E-state index contributed by atoms with van der Waals surface area (Å²) in [5, 5.41) is 3.31. The molecule has 11 heteroatoms. The number of benzene rings is 2. The number of aryl methyl sites for hydroxylation is 1. The number of nitrogens with zero attached hydrogens (tertiary/aromatic N) is 3. The lowest BCUT2D eigenvalue weighted by Gasteiger charge is -2.13. The first kappa shape index (κ1) is 23.0. The van der Waals surface area contributed by atoms with Crippen LogP contribution >= 0.6 is 0 Å². The number of methoxy groups -OCH3 is 1. The molecule has 0 saturated heterocycles. The van der Waals surface area contributed by atoms with Crippen LogP contribution < -0.4 is 14.8 Å². The number of anilines is 1. The number of carbonyl (C=O) groups excluding carboxylic acids is 1. The number of aromatic nitrogens is 3. The lowest BCUT2D eigenvalue weighted by Crippen LogP contribution is -2.15. The van der Waals surface area contributed by atoms with E-state index in [2.05, 4.69) is 15.3 Å². The minimum atomic E-state index is -4.80. The molecule has 34 heavy (non-hydrogen) atoms. The highest BCUT2D eigenvalue weighted by atomic mass is 19.4. The summed E-state index contributed by atoms with van der Waals surface area (Å²) in [7, 11) is 3.27. The van der Waals surface area contributed by atoms with Crippen LogP contribution in [0.15, 0.2) is 55.0 Å². The van der Waals surface area contributed by atoms with Gasteiger partial charge < -0.3 is 19.4 Å². The number of hydrogen-bond acceptors (Lipinski definition) is 5. The van der Waals surface area contributed by atoms with Crippen LogP contribution in [0.2, 0.25) is 0 Å². The molecule has 4 rings (SSSR count). The van der Waals surface area contributed by atoms with Gasteiger partial charge in [-0.25, -0.2) is 14.4 Å². The molecule has 0 radical (unpaired) electrons. The molecule has 0 aliphatic heterocycles. The first-order valence-corrected chi connectivity index (χ1v) is 9.93. The Hall–Kier alpha value is -4.15. The topological polar surface area (TPSA) is 78.3 Å². The summed E-state index contributed by atoms with van der Waals surface area (Å²) in [5.74, 6) is -1.00.